The lowest BCUT2D eigenvalue weighted by molar-refractivity contribution is -0.120. The molecular weight excluding hydrogens is 352 g/mol. The summed E-state index contributed by atoms with van der Waals surface area (Å²) in [5.74, 6) is -0.0276. The number of hydrogen-bond acceptors (Lipinski definition) is 5. The second-order valence-electron chi connectivity index (χ2n) is 5.26. The Kier molecular flexibility index (Phi) is 4.75. The van der Waals surface area contributed by atoms with Crippen molar-refractivity contribution in [3.8, 4) is 0 Å². The first kappa shape index (κ1) is 16.1. The van der Waals surface area contributed by atoms with Gasteiger partial charge in [0.15, 0.2) is 0 Å². The second-order valence-corrected chi connectivity index (χ2v) is 7.19. The van der Waals surface area contributed by atoms with Crippen LogP contribution in [0.25, 0.3) is 0 Å². The number of benzene rings is 1. The third-order valence-corrected chi connectivity index (χ3v) is 4.74. The predicted octanol–water partition coefficient (Wildman–Crippen LogP) is 3.24. The maximum atomic E-state index is 12.4. The van der Waals surface area contributed by atoms with E-state index in [0.717, 1.165) is 15.0 Å². The van der Waals surface area contributed by atoms with E-state index in [1.54, 1.807) is 6.92 Å². The Hall–Kier alpha value is -1.31. The largest absolute Gasteiger partial charge is 0.314 e. The molecule has 2 aromatic rings. The molecule has 0 saturated carbocycles. The van der Waals surface area contributed by atoms with E-state index in [9.17, 15) is 4.79 Å². The summed E-state index contributed by atoms with van der Waals surface area (Å²) in [6.45, 7) is 5.73. The van der Waals surface area contributed by atoms with Crippen LogP contribution < -0.4 is 11.1 Å². The van der Waals surface area contributed by atoms with Crippen LogP contribution in [-0.2, 0) is 10.3 Å². The first-order chi connectivity index (χ1) is 9.80. The van der Waals surface area contributed by atoms with Gasteiger partial charge >= 0.3 is 0 Å². The van der Waals surface area contributed by atoms with Gasteiger partial charge in [-0.3, -0.25) is 10.1 Å². The normalized spacial score (nSPS) is 14.0. The van der Waals surface area contributed by atoms with Gasteiger partial charge < -0.3 is 5.73 Å². The molecule has 0 aliphatic rings. The second kappa shape index (κ2) is 6.21. The Morgan fingerprint density at radius 1 is 1.33 bits per heavy atom. The summed E-state index contributed by atoms with van der Waals surface area (Å²) in [5.41, 5.74) is 5.77. The van der Waals surface area contributed by atoms with Gasteiger partial charge in [-0.2, -0.15) is 0 Å². The van der Waals surface area contributed by atoms with Crippen LogP contribution in [0.1, 0.15) is 37.3 Å². The van der Waals surface area contributed by atoms with Crippen molar-refractivity contribution in [1.82, 2.24) is 10.2 Å². The van der Waals surface area contributed by atoms with E-state index in [0.29, 0.717) is 5.13 Å². The highest BCUT2D eigenvalue weighted by Gasteiger charge is 2.31. The molecule has 1 unspecified atom stereocenters. The van der Waals surface area contributed by atoms with Crippen molar-refractivity contribution in [3.63, 3.8) is 0 Å². The van der Waals surface area contributed by atoms with Crippen molar-refractivity contribution in [2.45, 2.75) is 32.2 Å². The lowest BCUT2D eigenvalue weighted by Crippen LogP contribution is -2.45. The summed E-state index contributed by atoms with van der Waals surface area (Å²) in [4.78, 5) is 12.4. The van der Waals surface area contributed by atoms with E-state index < -0.39 is 5.54 Å². The average molecular weight is 369 g/mol. The molecule has 1 aromatic heterocycles. The number of nitrogens with zero attached hydrogens (tertiary/aromatic N) is 2. The first-order valence-corrected chi connectivity index (χ1v) is 8.11. The number of anilines is 1. The fraction of sp³-hybridized carbons (Fsp3) is 0.357. The number of carbonyl (C=O) groups excluding carboxylic acids is 1. The van der Waals surface area contributed by atoms with Gasteiger partial charge in [-0.25, -0.2) is 0 Å². The average Bonchev–Trinajstić information content (AvgIpc) is 2.88. The molecule has 0 spiro atoms. The number of nitrogens with one attached hydrogen (secondary N) is 1. The third kappa shape index (κ3) is 3.66. The van der Waals surface area contributed by atoms with Gasteiger partial charge in [0.2, 0.25) is 5.13 Å². The molecule has 3 N–H and O–H groups in total. The fourth-order valence-corrected chi connectivity index (χ4v) is 2.68. The SMILES string of the molecule is CC(C)c1nnc(NC(=O)C(C)(N)c2ccc(Br)cc2)s1. The molecule has 112 valence electrons. The molecule has 1 heterocycles. The minimum Gasteiger partial charge on any atom is -0.314 e. The van der Waals surface area contributed by atoms with E-state index >= 15 is 0 Å². The van der Waals surface area contributed by atoms with E-state index in [1.807, 2.05) is 38.1 Å². The van der Waals surface area contributed by atoms with E-state index in [4.69, 9.17) is 5.73 Å². The monoisotopic (exact) mass is 368 g/mol. The van der Waals surface area contributed by atoms with Crippen LogP contribution in [0.5, 0.6) is 0 Å². The summed E-state index contributed by atoms with van der Waals surface area (Å²) < 4.78 is 0.938. The zero-order valence-corrected chi connectivity index (χ0v) is 14.5. The fourth-order valence-electron chi connectivity index (χ4n) is 1.67. The van der Waals surface area contributed by atoms with Gasteiger partial charge in [0.25, 0.3) is 5.91 Å². The molecule has 0 aliphatic heterocycles. The van der Waals surface area contributed by atoms with Crippen LogP contribution in [-0.4, -0.2) is 16.1 Å². The number of carbonyl (C=O) groups is 1. The number of aromatic nitrogens is 2. The van der Waals surface area contributed by atoms with Gasteiger partial charge in [0.1, 0.15) is 10.5 Å². The van der Waals surface area contributed by atoms with Crippen LogP contribution in [0.3, 0.4) is 0 Å². The zero-order chi connectivity index (χ0) is 15.6. The quantitative estimate of drug-likeness (QED) is 0.867. The molecule has 1 amide bonds. The molecule has 7 heteroatoms. The molecule has 1 atom stereocenters. The van der Waals surface area contributed by atoms with Crippen molar-refractivity contribution >= 4 is 38.3 Å². The molecular formula is C14H17BrN4OS. The van der Waals surface area contributed by atoms with E-state index in [-0.39, 0.29) is 11.8 Å². The molecule has 0 fully saturated rings. The van der Waals surface area contributed by atoms with Crippen LogP contribution in [0, 0.1) is 0 Å². The van der Waals surface area contributed by atoms with Gasteiger partial charge in [-0.05, 0) is 24.6 Å². The van der Waals surface area contributed by atoms with Gasteiger partial charge in [0, 0.05) is 10.4 Å². The highest BCUT2D eigenvalue weighted by atomic mass is 79.9. The predicted molar refractivity (Wildman–Crippen MR) is 88.3 cm³/mol. The van der Waals surface area contributed by atoms with Crippen LogP contribution in [0.2, 0.25) is 0 Å². The number of halogens is 1. The minimum atomic E-state index is -1.13. The number of amides is 1. The molecule has 5 nitrogen and oxygen atoms in total. The summed E-state index contributed by atoms with van der Waals surface area (Å²) in [5, 5.41) is 12.1. The lowest BCUT2D eigenvalue weighted by atomic mass is 9.92. The van der Waals surface area contributed by atoms with Crippen molar-refractivity contribution in [1.29, 1.82) is 0 Å². The van der Waals surface area contributed by atoms with Gasteiger partial charge in [0.05, 0.1) is 0 Å². The van der Waals surface area contributed by atoms with Crippen LogP contribution in [0.15, 0.2) is 28.7 Å². The van der Waals surface area contributed by atoms with Crippen LogP contribution in [0.4, 0.5) is 5.13 Å². The molecule has 21 heavy (non-hydrogen) atoms. The Labute approximate surface area is 136 Å². The number of rotatable bonds is 4. The van der Waals surface area contributed by atoms with Crippen molar-refractivity contribution in [2.24, 2.45) is 5.73 Å². The molecule has 0 radical (unpaired) electrons. The Bertz CT molecular complexity index is 637. The number of nitrogens with two attached hydrogens (primary N) is 1. The molecule has 1 aromatic carbocycles. The molecule has 0 aliphatic carbocycles. The van der Waals surface area contributed by atoms with Crippen molar-refractivity contribution in [2.75, 3.05) is 5.32 Å². The minimum absolute atomic E-state index is 0.281. The molecule has 0 saturated heterocycles. The Morgan fingerprint density at radius 2 is 1.95 bits per heavy atom. The molecule has 0 bridgehead atoms. The maximum Gasteiger partial charge on any atom is 0.250 e. The van der Waals surface area contributed by atoms with Crippen molar-refractivity contribution < 1.29 is 4.79 Å². The summed E-state index contributed by atoms with van der Waals surface area (Å²) >= 11 is 4.73. The van der Waals surface area contributed by atoms with Gasteiger partial charge in [-0.15, -0.1) is 10.2 Å². The third-order valence-electron chi connectivity index (χ3n) is 3.07. The topological polar surface area (TPSA) is 80.9 Å². The summed E-state index contributed by atoms with van der Waals surface area (Å²) in [6, 6.07) is 7.36. The molecule has 2 rings (SSSR count). The summed E-state index contributed by atoms with van der Waals surface area (Å²) in [6.07, 6.45) is 0. The lowest BCUT2D eigenvalue weighted by Gasteiger charge is -2.23. The van der Waals surface area contributed by atoms with E-state index in [1.165, 1.54) is 11.3 Å². The van der Waals surface area contributed by atoms with E-state index in [2.05, 4.69) is 31.4 Å². The smallest absolute Gasteiger partial charge is 0.250 e. The maximum absolute atomic E-state index is 12.4. The first-order valence-electron chi connectivity index (χ1n) is 6.50. The van der Waals surface area contributed by atoms with Crippen molar-refractivity contribution in [3.05, 3.63) is 39.3 Å². The Morgan fingerprint density at radius 3 is 2.48 bits per heavy atom. The highest BCUT2D eigenvalue weighted by Crippen LogP contribution is 2.25. The zero-order valence-electron chi connectivity index (χ0n) is 12.1. The Balaban J connectivity index is 2.15. The number of hydrogen-bond donors (Lipinski definition) is 2. The van der Waals surface area contributed by atoms with Crippen LogP contribution >= 0.6 is 27.3 Å². The highest BCUT2D eigenvalue weighted by molar-refractivity contribution is 9.10. The van der Waals surface area contributed by atoms with Gasteiger partial charge in [-0.1, -0.05) is 53.2 Å². The summed E-state index contributed by atoms with van der Waals surface area (Å²) in [7, 11) is 0. The standard InChI is InChI=1S/C14H17BrN4OS/c1-8(2)11-18-19-13(21-11)17-12(20)14(3,16)9-4-6-10(15)7-5-9/h4-8H,16H2,1-3H3,(H,17,19,20).